The molecular formula is C28H29N5OS. The van der Waals surface area contributed by atoms with Crippen LogP contribution < -0.4 is 5.73 Å². The lowest BCUT2D eigenvalue weighted by atomic mass is 9.80. The van der Waals surface area contributed by atoms with Gasteiger partial charge in [-0.05, 0) is 42.3 Å². The molecule has 0 bridgehead atoms. The number of fused-ring (bicyclic) bond motifs is 1. The molecule has 0 saturated carbocycles. The van der Waals surface area contributed by atoms with Gasteiger partial charge in [0.25, 0.3) is 0 Å². The third kappa shape index (κ3) is 4.83. The minimum Gasteiger partial charge on any atom is -0.493 e. The van der Waals surface area contributed by atoms with Crippen LogP contribution in [0.15, 0.2) is 95.2 Å². The van der Waals surface area contributed by atoms with Crippen molar-refractivity contribution < 1.29 is 5.11 Å². The molecule has 1 aromatic heterocycles. The van der Waals surface area contributed by atoms with Crippen molar-refractivity contribution in [2.24, 2.45) is 16.0 Å². The molecule has 5 rings (SSSR count). The van der Waals surface area contributed by atoms with E-state index >= 15 is 0 Å². The van der Waals surface area contributed by atoms with E-state index in [-0.39, 0.29) is 23.0 Å². The van der Waals surface area contributed by atoms with Gasteiger partial charge in [0.05, 0.1) is 12.2 Å². The maximum Gasteiger partial charge on any atom is 0.221 e. The van der Waals surface area contributed by atoms with E-state index in [4.69, 9.17) is 18.0 Å². The first-order valence-electron chi connectivity index (χ1n) is 12.0. The van der Waals surface area contributed by atoms with Crippen LogP contribution >= 0.6 is 12.2 Å². The summed E-state index contributed by atoms with van der Waals surface area (Å²) in [7, 11) is 0. The van der Waals surface area contributed by atoms with E-state index in [0.29, 0.717) is 12.4 Å². The zero-order valence-electron chi connectivity index (χ0n) is 19.5. The van der Waals surface area contributed by atoms with E-state index in [1.807, 2.05) is 28.8 Å². The summed E-state index contributed by atoms with van der Waals surface area (Å²) in [6.07, 6.45) is 3.40. The molecule has 3 N–H and O–H groups in total. The number of likely N-dealkylation sites (tertiary alicyclic amines) is 1. The number of rotatable bonds is 6. The van der Waals surface area contributed by atoms with Gasteiger partial charge < -0.3 is 10.8 Å². The number of aromatic hydroxyl groups is 1. The van der Waals surface area contributed by atoms with Crippen molar-refractivity contribution in [2.45, 2.75) is 37.9 Å². The average molecular weight is 484 g/mol. The Morgan fingerprint density at radius 2 is 1.57 bits per heavy atom. The van der Waals surface area contributed by atoms with Crippen LogP contribution in [0.4, 0.5) is 5.69 Å². The van der Waals surface area contributed by atoms with Gasteiger partial charge in [0.15, 0.2) is 5.69 Å². The summed E-state index contributed by atoms with van der Waals surface area (Å²) in [4.78, 5) is 2.49. The Hall–Kier alpha value is -3.55. The first-order valence-corrected chi connectivity index (χ1v) is 12.4. The van der Waals surface area contributed by atoms with Gasteiger partial charge in [0.2, 0.25) is 11.0 Å². The number of piperidine rings is 1. The van der Waals surface area contributed by atoms with Crippen molar-refractivity contribution in [3.8, 4) is 5.88 Å². The van der Waals surface area contributed by atoms with Crippen LogP contribution in [0.1, 0.15) is 36.3 Å². The molecule has 1 fully saturated rings. The molecule has 1 aliphatic heterocycles. The largest absolute Gasteiger partial charge is 0.493 e. The van der Waals surface area contributed by atoms with E-state index in [1.54, 1.807) is 0 Å². The summed E-state index contributed by atoms with van der Waals surface area (Å²) >= 11 is 4.86. The second-order valence-corrected chi connectivity index (χ2v) is 9.39. The highest BCUT2D eigenvalue weighted by Crippen LogP contribution is 2.41. The predicted molar refractivity (Wildman–Crippen MR) is 144 cm³/mol. The Balaban J connectivity index is 1.56. The summed E-state index contributed by atoms with van der Waals surface area (Å²) in [6.45, 7) is 1.51. The van der Waals surface area contributed by atoms with E-state index in [2.05, 4.69) is 75.8 Å². The number of hydrogen-bond donors (Lipinski definition) is 2. The fourth-order valence-corrected chi connectivity index (χ4v) is 5.36. The summed E-state index contributed by atoms with van der Waals surface area (Å²) in [5.74, 6) is 0.307. The molecule has 178 valence electrons. The van der Waals surface area contributed by atoms with Crippen LogP contribution in [0.2, 0.25) is 0 Å². The van der Waals surface area contributed by atoms with E-state index in [1.165, 1.54) is 17.5 Å². The van der Waals surface area contributed by atoms with Gasteiger partial charge in [-0.3, -0.25) is 9.47 Å². The highest BCUT2D eigenvalue weighted by Gasteiger charge is 2.33. The lowest BCUT2D eigenvalue weighted by Gasteiger charge is -2.41. The minimum absolute atomic E-state index is 0.0640. The van der Waals surface area contributed by atoms with Gasteiger partial charge in [0, 0.05) is 23.9 Å². The molecule has 35 heavy (non-hydrogen) atoms. The number of nitrogens with two attached hydrogens (primary N) is 1. The smallest absolute Gasteiger partial charge is 0.221 e. The highest BCUT2D eigenvalue weighted by molar-refractivity contribution is 7.80. The maximum absolute atomic E-state index is 11.2. The van der Waals surface area contributed by atoms with Crippen LogP contribution in [0.3, 0.4) is 0 Å². The molecule has 0 amide bonds. The number of aromatic nitrogens is 1. The Kier molecular flexibility index (Phi) is 6.88. The lowest BCUT2D eigenvalue weighted by Crippen LogP contribution is -2.44. The van der Waals surface area contributed by atoms with Gasteiger partial charge in [-0.15, -0.1) is 10.2 Å². The fraction of sp³-hybridized carbons (Fsp3) is 0.250. The zero-order valence-corrected chi connectivity index (χ0v) is 20.3. The van der Waals surface area contributed by atoms with Crippen LogP contribution in [-0.4, -0.2) is 32.3 Å². The van der Waals surface area contributed by atoms with Crippen molar-refractivity contribution in [2.75, 3.05) is 6.54 Å². The van der Waals surface area contributed by atoms with Crippen LogP contribution in [0, 0.1) is 0 Å². The maximum atomic E-state index is 11.2. The second kappa shape index (κ2) is 10.4. The summed E-state index contributed by atoms with van der Waals surface area (Å²) in [5, 5.41) is 20.0. The number of benzene rings is 3. The molecule has 0 spiro atoms. The predicted octanol–water partition coefficient (Wildman–Crippen LogP) is 6.32. The van der Waals surface area contributed by atoms with Gasteiger partial charge in [-0.2, -0.15) is 0 Å². The Bertz CT molecular complexity index is 1300. The SMILES string of the molecule is NC(=S)N=Nc1c(O)n(CN2CCCCC2C(c2ccccc2)c2ccccc2)c2ccccc12. The lowest BCUT2D eigenvalue weighted by molar-refractivity contribution is 0.0974. The normalized spacial score (nSPS) is 16.9. The molecule has 0 aliphatic carbocycles. The molecule has 6 nitrogen and oxygen atoms in total. The van der Waals surface area contributed by atoms with Crippen molar-refractivity contribution in [1.82, 2.24) is 9.47 Å². The van der Waals surface area contributed by atoms with Crippen molar-refractivity contribution in [3.05, 3.63) is 96.1 Å². The summed E-state index contributed by atoms with van der Waals surface area (Å²) in [5.41, 5.74) is 9.44. The number of azo groups is 1. The molecule has 0 radical (unpaired) electrons. The molecule has 1 unspecified atom stereocenters. The minimum atomic E-state index is -0.0640. The van der Waals surface area contributed by atoms with Crippen molar-refractivity contribution >= 4 is 33.9 Å². The van der Waals surface area contributed by atoms with Crippen molar-refractivity contribution in [3.63, 3.8) is 0 Å². The van der Waals surface area contributed by atoms with E-state index in [9.17, 15) is 5.11 Å². The van der Waals surface area contributed by atoms with Crippen LogP contribution in [-0.2, 0) is 6.67 Å². The number of hydrogen-bond acceptors (Lipinski definition) is 4. The molecule has 1 atom stereocenters. The molecule has 2 heterocycles. The van der Waals surface area contributed by atoms with Crippen LogP contribution in [0.25, 0.3) is 10.9 Å². The molecular weight excluding hydrogens is 454 g/mol. The molecule has 1 saturated heterocycles. The summed E-state index contributed by atoms with van der Waals surface area (Å²) in [6, 6.07) is 29.6. The van der Waals surface area contributed by atoms with Crippen LogP contribution in [0.5, 0.6) is 5.88 Å². The third-order valence-corrected chi connectivity index (χ3v) is 6.94. The van der Waals surface area contributed by atoms with Gasteiger partial charge in [0.1, 0.15) is 0 Å². The molecule has 1 aliphatic rings. The van der Waals surface area contributed by atoms with E-state index < -0.39 is 0 Å². The Labute approximate surface area is 210 Å². The Morgan fingerprint density at radius 3 is 2.23 bits per heavy atom. The van der Waals surface area contributed by atoms with Gasteiger partial charge in [-0.25, -0.2) is 0 Å². The quantitative estimate of drug-likeness (QED) is 0.248. The average Bonchev–Trinajstić information content (AvgIpc) is 3.15. The Morgan fingerprint density at radius 1 is 0.943 bits per heavy atom. The number of para-hydroxylation sites is 1. The summed E-state index contributed by atoms with van der Waals surface area (Å²) < 4.78 is 1.93. The topological polar surface area (TPSA) is 79.1 Å². The zero-order chi connectivity index (χ0) is 24.2. The third-order valence-electron chi connectivity index (χ3n) is 6.86. The number of thiocarbonyl (C=S) groups is 1. The highest BCUT2D eigenvalue weighted by atomic mass is 32.1. The standard InChI is InChI=1S/C28H29N5OS/c29-28(35)31-30-26-22-15-7-8-16-23(22)33(27(26)34)19-32-18-10-9-17-24(32)25(20-11-3-1-4-12-20)21-13-5-2-6-14-21/h1-8,11-16,24-25,34H,9-10,17-19H2,(H2,29,35). The van der Waals surface area contributed by atoms with Gasteiger partial charge >= 0.3 is 0 Å². The molecule has 3 aromatic carbocycles. The molecule has 7 heteroatoms. The number of nitrogens with zero attached hydrogens (tertiary/aromatic N) is 4. The van der Waals surface area contributed by atoms with Crippen molar-refractivity contribution in [1.29, 1.82) is 0 Å². The van der Waals surface area contributed by atoms with E-state index in [0.717, 1.165) is 30.3 Å². The second-order valence-electron chi connectivity index (χ2n) is 8.97. The first-order chi connectivity index (χ1) is 17.1. The first kappa shape index (κ1) is 23.2. The fourth-order valence-electron chi connectivity index (χ4n) is 5.32. The van der Waals surface area contributed by atoms with Gasteiger partial charge in [-0.1, -0.05) is 85.3 Å². The molecule has 4 aromatic rings. The monoisotopic (exact) mass is 483 g/mol.